The summed E-state index contributed by atoms with van der Waals surface area (Å²) in [6.07, 6.45) is 0.578. The second kappa shape index (κ2) is 13.2. The van der Waals surface area contributed by atoms with Crippen LogP contribution in [0.25, 0.3) is 0 Å². The van der Waals surface area contributed by atoms with Crippen LogP contribution in [0.15, 0.2) is 12.7 Å². The summed E-state index contributed by atoms with van der Waals surface area (Å²) in [4.78, 5) is 59.1. The van der Waals surface area contributed by atoms with Crippen LogP contribution in [-0.2, 0) is 29.1 Å². The number of aromatic nitrogens is 2. The van der Waals surface area contributed by atoms with E-state index in [0.29, 0.717) is 12.8 Å². The Balaban J connectivity index is 1.90. The fraction of sp³-hybridized carbons (Fsp3) is 0.704. The molecule has 1 aliphatic carbocycles. The molecule has 0 spiro atoms. The molecule has 0 aromatic carbocycles. The number of ether oxygens (including phenoxy) is 2. The van der Waals surface area contributed by atoms with Crippen LogP contribution in [0.1, 0.15) is 74.1 Å². The second-order valence-electron chi connectivity index (χ2n) is 13.2. The van der Waals surface area contributed by atoms with Crippen molar-refractivity contribution in [3.8, 4) is 6.01 Å². The van der Waals surface area contributed by atoms with Crippen LogP contribution in [0.3, 0.4) is 0 Å². The van der Waals surface area contributed by atoms with Crippen molar-refractivity contribution < 1.29 is 37.1 Å². The zero-order valence-electron chi connectivity index (χ0n) is 25.9. The van der Waals surface area contributed by atoms with Crippen molar-refractivity contribution in [2.24, 2.45) is 5.41 Å². The van der Waals surface area contributed by atoms with Crippen molar-refractivity contribution in [3.63, 3.8) is 0 Å². The van der Waals surface area contributed by atoms with Crippen LogP contribution in [0.2, 0.25) is 4.47 Å². The van der Waals surface area contributed by atoms with Crippen molar-refractivity contribution in [3.05, 3.63) is 17.1 Å². The summed E-state index contributed by atoms with van der Waals surface area (Å²) in [5, 5.41) is 4.62. The van der Waals surface area contributed by atoms with Gasteiger partial charge < -0.3 is 25.0 Å². The second-order valence-corrected chi connectivity index (χ2v) is 16.5. The van der Waals surface area contributed by atoms with Gasteiger partial charge in [-0.15, -0.1) is 11.0 Å². The van der Waals surface area contributed by atoms with Gasteiger partial charge in [-0.05, 0) is 64.0 Å². The van der Waals surface area contributed by atoms with Crippen molar-refractivity contribution in [1.82, 2.24) is 29.6 Å². The third-order valence-corrected chi connectivity index (χ3v) is 9.53. The molecule has 1 aromatic rings. The Kier molecular flexibility index (Phi) is 10.6. The monoisotopic (exact) mass is 676 g/mol. The molecule has 3 N–H and O–H groups in total. The van der Waals surface area contributed by atoms with Crippen LogP contribution in [0.4, 0.5) is 4.79 Å². The van der Waals surface area contributed by atoms with E-state index >= 15 is 0 Å². The van der Waals surface area contributed by atoms with Gasteiger partial charge in [0.1, 0.15) is 29.3 Å². The molecule has 14 nitrogen and oxygen atoms in total. The summed E-state index contributed by atoms with van der Waals surface area (Å²) in [7, 11) is -3.91. The van der Waals surface area contributed by atoms with Crippen molar-refractivity contribution in [2.45, 2.75) is 109 Å². The Morgan fingerprint density at radius 1 is 1.16 bits per heavy atom. The average Bonchev–Trinajstić information content (AvgIpc) is 3.54. The SMILES string of the molecule is C=CCC(C)(NC(=O)C1CC(Oc2nsc(Cl)n2)CN1C(=O)C(NC(=O)OC(C)(C)C)C(C)(C)C)C(=O)NS(=O)(=O)C1CC1. The Labute approximate surface area is 266 Å². The first-order valence-corrected chi connectivity index (χ1v) is 16.8. The minimum Gasteiger partial charge on any atom is -0.458 e. The molecule has 246 valence electrons. The number of alkyl carbamates (subject to hydrolysis) is 1. The number of hydrogen-bond donors (Lipinski definition) is 3. The van der Waals surface area contributed by atoms with Gasteiger partial charge >= 0.3 is 12.1 Å². The Morgan fingerprint density at radius 3 is 2.30 bits per heavy atom. The van der Waals surface area contributed by atoms with Gasteiger partial charge in [-0.1, -0.05) is 26.8 Å². The number of halogens is 1. The molecule has 4 unspecified atom stereocenters. The molecule has 0 bridgehead atoms. The maximum Gasteiger partial charge on any atom is 0.408 e. The lowest BCUT2D eigenvalue weighted by atomic mass is 9.85. The smallest absolute Gasteiger partial charge is 0.408 e. The van der Waals surface area contributed by atoms with E-state index in [1.54, 1.807) is 41.5 Å². The van der Waals surface area contributed by atoms with Crippen LogP contribution < -0.4 is 20.1 Å². The number of likely N-dealkylation sites (tertiary alicyclic amines) is 1. The van der Waals surface area contributed by atoms with Gasteiger partial charge in [-0.25, -0.2) is 13.2 Å². The summed E-state index contributed by atoms with van der Waals surface area (Å²) in [6, 6.07) is -2.33. The normalized spacial score (nSPS) is 21.0. The van der Waals surface area contributed by atoms with Crippen LogP contribution in [0.5, 0.6) is 6.01 Å². The highest BCUT2D eigenvalue weighted by Gasteiger charge is 2.48. The number of rotatable bonds is 11. The van der Waals surface area contributed by atoms with E-state index in [4.69, 9.17) is 21.1 Å². The van der Waals surface area contributed by atoms with E-state index in [1.807, 2.05) is 0 Å². The molecule has 0 radical (unpaired) electrons. The lowest BCUT2D eigenvalue weighted by Crippen LogP contribution is -2.62. The fourth-order valence-electron chi connectivity index (χ4n) is 4.55. The Morgan fingerprint density at radius 2 is 1.80 bits per heavy atom. The van der Waals surface area contributed by atoms with Gasteiger partial charge in [0.2, 0.25) is 26.3 Å². The highest BCUT2D eigenvalue weighted by molar-refractivity contribution is 7.91. The number of nitrogens with one attached hydrogen (secondary N) is 3. The molecule has 2 fully saturated rings. The molecule has 1 aromatic heterocycles. The minimum absolute atomic E-state index is 0.0239. The van der Waals surface area contributed by atoms with Gasteiger partial charge in [0.25, 0.3) is 5.91 Å². The fourth-order valence-corrected chi connectivity index (χ4v) is 6.49. The molecule has 1 saturated carbocycles. The molecular formula is C27H41ClN6O8S2. The summed E-state index contributed by atoms with van der Waals surface area (Å²) in [5.74, 6) is -2.26. The number of nitrogens with zero attached hydrogens (tertiary/aromatic N) is 3. The molecular weight excluding hydrogens is 636 g/mol. The van der Waals surface area contributed by atoms with Crippen LogP contribution in [-0.4, -0.2) is 87.6 Å². The molecule has 17 heteroatoms. The van der Waals surface area contributed by atoms with Gasteiger partial charge in [-0.2, -0.15) is 4.98 Å². The number of carbonyl (C=O) groups excluding carboxylic acids is 4. The average molecular weight is 677 g/mol. The summed E-state index contributed by atoms with van der Waals surface area (Å²) < 4.78 is 42.4. The standard InChI is InChI=1S/C27H41ClN6O8S2/c1-9-12-27(8,21(37)33-44(39,40)16-10-11-16)31-19(35)17-13-15(41-23-30-22(28)43-32-23)14-34(17)20(36)18(25(2,3)4)29-24(38)42-26(5,6)7/h9,15-18H,1,10-14H2,2-8H3,(H,29,38)(H,31,35)(H,33,37). The Hall–Kier alpha value is -2.98. The van der Waals surface area contributed by atoms with Crippen LogP contribution >= 0.6 is 23.1 Å². The number of sulfonamides is 1. The first-order valence-electron chi connectivity index (χ1n) is 14.1. The summed E-state index contributed by atoms with van der Waals surface area (Å²) in [6.45, 7) is 15.2. The van der Waals surface area contributed by atoms with E-state index in [1.165, 1.54) is 17.9 Å². The van der Waals surface area contributed by atoms with E-state index in [-0.39, 0.29) is 29.9 Å². The minimum atomic E-state index is -3.91. The van der Waals surface area contributed by atoms with Gasteiger partial charge in [0.05, 0.1) is 11.8 Å². The van der Waals surface area contributed by atoms with Gasteiger partial charge in [0, 0.05) is 18.0 Å². The lowest BCUT2D eigenvalue weighted by Gasteiger charge is -2.36. The van der Waals surface area contributed by atoms with E-state index in [2.05, 4.69) is 31.3 Å². The zero-order valence-corrected chi connectivity index (χ0v) is 28.3. The van der Waals surface area contributed by atoms with E-state index < -0.39 is 73.8 Å². The Bertz CT molecular complexity index is 1390. The topological polar surface area (TPSA) is 186 Å². The molecule has 44 heavy (non-hydrogen) atoms. The molecule has 3 rings (SSSR count). The third-order valence-electron chi connectivity index (χ3n) is 6.93. The molecule has 2 heterocycles. The maximum atomic E-state index is 14.1. The highest BCUT2D eigenvalue weighted by atomic mass is 35.5. The first-order chi connectivity index (χ1) is 20.1. The van der Waals surface area contributed by atoms with E-state index in [9.17, 15) is 27.6 Å². The molecule has 2 aliphatic rings. The molecule has 4 atom stereocenters. The third kappa shape index (κ3) is 9.27. The lowest BCUT2D eigenvalue weighted by molar-refractivity contribution is -0.143. The maximum absolute atomic E-state index is 14.1. The zero-order chi connectivity index (χ0) is 33.3. The predicted octanol–water partition coefficient (Wildman–Crippen LogP) is 2.54. The van der Waals surface area contributed by atoms with Crippen molar-refractivity contribution in [2.75, 3.05) is 6.54 Å². The van der Waals surface area contributed by atoms with Crippen molar-refractivity contribution in [1.29, 1.82) is 0 Å². The van der Waals surface area contributed by atoms with Gasteiger partial charge in [-0.3, -0.25) is 19.1 Å². The summed E-state index contributed by atoms with van der Waals surface area (Å²) >= 11 is 6.79. The summed E-state index contributed by atoms with van der Waals surface area (Å²) in [5.41, 5.74) is -3.35. The highest BCUT2D eigenvalue weighted by Crippen LogP contribution is 2.30. The molecule has 4 amide bonds. The number of hydrogen-bond acceptors (Lipinski definition) is 11. The predicted molar refractivity (Wildman–Crippen MR) is 164 cm³/mol. The quantitative estimate of drug-likeness (QED) is 0.294. The molecule has 1 saturated heterocycles. The first kappa shape index (κ1) is 35.5. The van der Waals surface area contributed by atoms with Gasteiger partial charge in [0.15, 0.2) is 0 Å². The van der Waals surface area contributed by atoms with E-state index in [0.717, 1.165) is 11.5 Å². The van der Waals surface area contributed by atoms with Crippen LogP contribution in [0, 0.1) is 5.41 Å². The largest absolute Gasteiger partial charge is 0.458 e. The van der Waals surface area contributed by atoms with Crippen molar-refractivity contribution >= 4 is 57.0 Å². The number of carbonyl (C=O) groups is 4. The number of amides is 4. The molecule has 1 aliphatic heterocycles.